The Kier molecular flexibility index (Phi) is 5.90. The normalized spacial score (nSPS) is 15.3. The molecule has 30 heavy (non-hydrogen) atoms. The van der Waals surface area contributed by atoms with Gasteiger partial charge < -0.3 is 16.0 Å². The van der Waals surface area contributed by atoms with Gasteiger partial charge in [0.1, 0.15) is 5.65 Å². The fourth-order valence-electron chi connectivity index (χ4n) is 3.80. The molecule has 1 aliphatic rings. The van der Waals surface area contributed by atoms with Gasteiger partial charge in [-0.1, -0.05) is 36.8 Å². The van der Waals surface area contributed by atoms with Crippen LogP contribution in [-0.2, 0) is 9.59 Å². The standard InChI is InChI=1S/C23H25N5O2/c24-22(30)19(16-7-3-1-4-8-16)11-17-13-25-23-20(17)12-18(14-26-23)27-21(29)15-28-9-5-2-6-10-28/h1,3-4,7-8,11-14H,2,5-6,9-10,15H2,(H2,24,30)(H,25,26)(H,27,29). The molecule has 0 atom stereocenters. The highest BCUT2D eigenvalue weighted by Gasteiger charge is 2.15. The van der Waals surface area contributed by atoms with E-state index in [2.05, 4.69) is 20.2 Å². The van der Waals surface area contributed by atoms with Gasteiger partial charge in [0, 0.05) is 22.7 Å². The van der Waals surface area contributed by atoms with E-state index < -0.39 is 5.91 Å². The average Bonchev–Trinajstić information content (AvgIpc) is 3.15. The van der Waals surface area contributed by atoms with Crippen molar-refractivity contribution in [2.45, 2.75) is 19.3 Å². The molecule has 1 aromatic carbocycles. The summed E-state index contributed by atoms with van der Waals surface area (Å²) in [5.74, 6) is -0.553. The van der Waals surface area contributed by atoms with Gasteiger partial charge in [-0.3, -0.25) is 14.5 Å². The van der Waals surface area contributed by atoms with Crippen molar-refractivity contribution in [3.8, 4) is 0 Å². The molecule has 4 N–H and O–H groups in total. The number of anilines is 1. The summed E-state index contributed by atoms with van der Waals surface area (Å²) in [4.78, 5) is 34.1. The van der Waals surface area contributed by atoms with Gasteiger partial charge in [0.2, 0.25) is 11.8 Å². The van der Waals surface area contributed by atoms with E-state index in [4.69, 9.17) is 5.73 Å². The Bertz CT molecular complexity index is 1080. The Hall–Kier alpha value is -3.45. The van der Waals surface area contributed by atoms with Crippen molar-refractivity contribution in [2.24, 2.45) is 5.73 Å². The van der Waals surface area contributed by atoms with Crippen LogP contribution in [0.1, 0.15) is 30.4 Å². The van der Waals surface area contributed by atoms with Crippen LogP contribution in [0.15, 0.2) is 48.8 Å². The van der Waals surface area contributed by atoms with Crippen molar-refractivity contribution in [1.82, 2.24) is 14.9 Å². The fraction of sp³-hybridized carbons (Fsp3) is 0.261. The number of nitrogens with one attached hydrogen (secondary N) is 2. The minimum absolute atomic E-state index is 0.0483. The van der Waals surface area contributed by atoms with Crippen LogP contribution in [0.25, 0.3) is 22.7 Å². The third kappa shape index (κ3) is 4.58. The number of piperidine rings is 1. The molecule has 4 rings (SSSR count). The summed E-state index contributed by atoms with van der Waals surface area (Å²) in [5, 5.41) is 3.74. The highest BCUT2D eigenvalue weighted by atomic mass is 16.2. The number of amides is 2. The summed E-state index contributed by atoms with van der Waals surface area (Å²) in [7, 11) is 0. The predicted octanol–water partition coefficient (Wildman–Crippen LogP) is 3.01. The van der Waals surface area contributed by atoms with E-state index in [-0.39, 0.29) is 5.91 Å². The van der Waals surface area contributed by atoms with E-state index >= 15 is 0 Å². The van der Waals surface area contributed by atoms with Gasteiger partial charge in [-0.25, -0.2) is 4.98 Å². The van der Waals surface area contributed by atoms with Gasteiger partial charge in [0.05, 0.1) is 18.4 Å². The predicted molar refractivity (Wildman–Crippen MR) is 119 cm³/mol. The lowest BCUT2D eigenvalue weighted by Gasteiger charge is -2.25. The molecule has 7 heteroatoms. The Balaban J connectivity index is 1.58. The molecule has 154 valence electrons. The molecule has 0 unspecified atom stereocenters. The topological polar surface area (TPSA) is 104 Å². The second kappa shape index (κ2) is 8.92. The highest BCUT2D eigenvalue weighted by Crippen LogP contribution is 2.25. The van der Waals surface area contributed by atoms with E-state index in [1.54, 1.807) is 18.5 Å². The van der Waals surface area contributed by atoms with E-state index in [1.165, 1.54) is 6.42 Å². The molecule has 0 aliphatic carbocycles. The number of rotatable bonds is 6. The van der Waals surface area contributed by atoms with Crippen molar-refractivity contribution in [3.05, 3.63) is 59.9 Å². The van der Waals surface area contributed by atoms with Gasteiger partial charge in [-0.15, -0.1) is 0 Å². The van der Waals surface area contributed by atoms with Gasteiger partial charge >= 0.3 is 0 Å². The van der Waals surface area contributed by atoms with Crippen molar-refractivity contribution in [2.75, 3.05) is 25.0 Å². The molecular weight excluding hydrogens is 378 g/mol. The number of hydrogen-bond donors (Lipinski definition) is 3. The zero-order valence-electron chi connectivity index (χ0n) is 16.7. The van der Waals surface area contributed by atoms with Gasteiger partial charge in [-0.05, 0) is 43.6 Å². The second-order valence-corrected chi connectivity index (χ2v) is 7.54. The Morgan fingerprint density at radius 2 is 1.93 bits per heavy atom. The lowest BCUT2D eigenvalue weighted by atomic mass is 10.0. The van der Waals surface area contributed by atoms with Gasteiger partial charge in [0.15, 0.2) is 0 Å². The third-order valence-corrected chi connectivity index (χ3v) is 5.31. The smallest absolute Gasteiger partial charge is 0.249 e. The van der Waals surface area contributed by atoms with Gasteiger partial charge in [0.25, 0.3) is 0 Å². The molecule has 1 fully saturated rings. The maximum absolute atomic E-state index is 12.4. The average molecular weight is 403 g/mol. The fourth-order valence-corrected chi connectivity index (χ4v) is 3.80. The zero-order chi connectivity index (χ0) is 20.9. The van der Waals surface area contributed by atoms with Crippen molar-refractivity contribution >= 4 is 40.2 Å². The van der Waals surface area contributed by atoms with Crippen LogP contribution in [0.2, 0.25) is 0 Å². The maximum atomic E-state index is 12.4. The monoisotopic (exact) mass is 403 g/mol. The SMILES string of the molecule is NC(=O)C(=Cc1c[nH]c2ncc(NC(=O)CN3CCCCC3)cc12)c1ccccc1. The summed E-state index contributed by atoms with van der Waals surface area (Å²) in [5.41, 5.74) is 8.86. The molecule has 0 bridgehead atoms. The number of hydrogen-bond acceptors (Lipinski definition) is 4. The quantitative estimate of drug-likeness (QED) is 0.550. The molecule has 7 nitrogen and oxygen atoms in total. The van der Waals surface area contributed by atoms with Crippen molar-refractivity contribution in [3.63, 3.8) is 0 Å². The van der Waals surface area contributed by atoms with E-state index in [9.17, 15) is 9.59 Å². The largest absolute Gasteiger partial charge is 0.366 e. The van der Waals surface area contributed by atoms with Crippen LogP contribution in [0.5, 0.6) is 0 Å². The first-order valence-electron chi connectivity index (χ1n) is 10.2. The minimum atomic E-state index is -0.505. The van der Waals surface area contributed by atoms with E-state index in [1.807, 2.05) is 36.4 Å². The number of aromatic nitrogens is 2. The molecule has 1 saturated heterocycles. The molecule has 3 aromatic rings. The number of pyridine rings is 1. The van der Waals surface area contributed by atoms with Crippen LogP contribution in [0.3, 0.4) is 0 Å². The van der Waals surface area contributed by atoms with E-state index in [0.29, 0.717) is 23.5 Å². The number of primary amides is 1. The number of benzene rings is 1. The molecular formula is C23H25N5O2. The molecule has 0 spiro atoms. The number of carbonyl (C=O) groups is 2. The van der Waals surface area contributed by atoms with Crippen molar-refractivity contribution in [1.29, 1.82) is 0 Å². The number of aromatic amines is 1. The third-order valence-electron chi connectivity index (χ3n) is 5.31. The molecule has 2 amide bonds. The number of nitrogens with two attached hydrogens (primary N) is 1. The molecule has 3 heterocycles. The summed E-state index contributed by atoms with van der Waals surface area (Å²) in [6, 6.07) is 11.2. The number of carbonyl (C=O) groups excluding carboxylic acids is 2. The van der Waals surface area contributed by atoms with Crippen LogP contribution < -0.4 is 11.1 Å². The Morgan fingerprint density at radius 1 is 1.17 bits per heavy atom. The van der Waals surface area contributed by atoms with Gasteiger partial charge in [-0.2, -0.15) is 0 Å². The lowest BCUT2D eigenvalue weighted by molar-refractivity contribution is -0.117. The lowest BCUT2D eigenvalue weighted by Crippen LogP contribution is -2.36. The van der Waals surface area contributed by atoms with Crippen LogP contribution >= 0.6 is 0 Å². The number of fused-ring (bicyclic) bond motifs is 1. The van der Waals surface area contributed by atoms with Crippen LogP contribution in [0, 0.1) is 0 Å². The van der Waals surface area contributed by atoms with E-state index in [0.717, 1.165) is 42.4 Å². The number of nitrogens with zero attached hydrogens (tertiary/aromatic N) is 2. The molecule has 1 aliphatic heterocycles. The molecule has 0 saturated carbocycles. The summed E-state index contributed by atoms with van der Waals surface area (Å²) >= 11 is 0. The Labute approximate surface area is 175 Å². The molecule has 0 radical (unpaired) electrons. The summed E-state index contributed by atoms with van der Waals surface area (Å²) in [6.45, 7) is 2.32. The number of H-pyrrole nitrogens is 1. The first kappa shape index (κ1) is 19.8. The zero-order valence-corrected chi connectivity index (χ0v) is 16.7. The second-order valence-electron chi connectivity index (χ2n) is 7.54. The van der Waals surface area contributed by atoms with Crippen molar-refractivity contribution < 1.29 is 9.59 Å². The summed E-state index contributed by atoms with van der Waals surface area (Å²) < 4.78 is 0. The molecule has 2 aromatic heterocycles. The Morgan fingerprint density at radius 3 is 2.67 bits per heavy atom. The first-order chi connectivity index (χ1) is 14.6. The number of likely N-dealkylation sites (tertiary alicyclic amines) is 1. The van der Waals surface area contributed by atoms with Crippen LogP contribution in [-0.4, -0.2) is 46.3 Å². The minimum Gasteiger partial charge on any atom is -0.366 e. The van der Waals surface area contributed by atoms with Crippen LogP contribution in [0.4, 0.5) is 5.69 Å². The summed E-state index contributed by atoms with van der Waals surface area (Å²) in [6.07, 6.45) is 8.68. The highest BCUT2D eigenvalue weighted by molar-refractivity contribution is 6.24. The maximum Gasteiger partial charge on any atom is 0.249 e. The first-order valence-corrected chi connectivity index (χ1v) is 10.2.